The van der Waals surface area contributed by atoms with Crippen molar-refractivity contribution in [3.63, 3.8) is 0 Å². The Bertz CT molecular complexity index is 334. The average Bonchev–Trinajstić information content (AvgIpc) is 2.46. The molecule has 0 atom stereocenters. The Labute approximate surface area is 145 Å². The highest BCUT2D eigenvalue weighted by atomic mass is 28.4. The summed E-state index contributed by atoms with van der Waals surface area (Å²) in [4.78, 5) is 2.77. The number of unbranched alkanes of at least 4 members (excludes halogenated alkanes) is 9. The minimum absolute atomic E-state index is 0.327. The molecule has 0 aliphatic heterocycles. The van der Waals surface area contributed by atoms with Gasteiger partial charge in [-0.15, -0.1) is 0 Å². The topological polar surface area (TPSA) is 58.0 Å². The van der Waals surface area contributed by atoms with E-state index in [-0.39, 0.29) is 0 Å². The Balaban J connectivity index is 3.30. The zero-order valence-corrected chi connectivity index (χ0v) is 17.2. The second kappa shape index (κ2) is 12.9. The largest absolute Gasteiger partial charge is 0.417 e. The summed E-state index contributed by atoms with van der Waals surface area (Å²) in [6.07, 6.45) is 12.8. The Kier molecular flexibility index (Phi) is 12.6. The van der Waals surface area contributed by atoms with Gasteiger partial charge in [0.05, 0.1) is 0 Å². The van der Waals surface area contributed by atoms with Crippen LogP contribution in [0.2, 0.25) is 18.1 Å². The van der Waals surface area contributed by atoms with Gasteiger partial charge >= 0.3 is 0 Å². The van der Waals surface area contributed by atoms with Crippen LogP contribution in [-0.2, 0) is 4.43 Å². The lowest BCUT2D eigenvalue weighted by Crippen LogP contribution is -2.40. The summed E-state index contributed by atoms with van der Waals surface area (Å²) in [5.41, 5.74) is 8.17. The highest BCUT2D eigenvalue weighted by Gasteiger charge is 2.36. The summed E-state index contributed by atoms with van der Waals surface area (Å²) >= 11 is 0. The first kappa shape index (κ1) is 22.5. The second-order valence-corrected chi connectivity index (χ2v) is 12.9. The minimum atomic E-state index is -1.53. The van der Waals surface area contributed by atoms with Crippen LogP contribution in [0, 0.1) is 0 Å². The van der Waals surface area contributed by atoms with Crippen molar-refractivity contribution >= 4 is 8.32 Å². The maximum Gasteiger partial charge on any atom is 0.191 e. The summed E-state index contributed by atoms with van der Waals surface area (Å²) in [7, 11) is -1.53. The van der Waals surface area contributed by atoms with Gasteiger partial charge in [0, 0.05) is 18.1 Å². The van der Waals surface area contributed by atoms with Crippen LogP contribution in [0.15, 0.2) is 5.11 Å². The molecule has 0 rings (SSSR count). The third-order valence-electron chi connectivity index (χ3n) is 4.98. The monoisotopic (exact) mass is 341 g/mol. The van der Waals surface area contributed by atoms with Crippen molar-refractivity contribution in [3.8, 4) is 0 Å². The number of nitrogens with zero attached hydrogens (tertiary/aromatic N) is 3. The van der Waals surface area contributed by atoms with E-state index in [2.05, 4.69) is 43.9 Å². The molecule has 0 fully saturated rings. The summed E-state index contributed by atoms with van der Waals surface area (Å²) in [5, 5.41) is 3.88. The quantitative estimate of drug-likeness (QED) is 0.108. The van der Waals surface area contributed by atoms with E-state index in [1.807, 2.05) is 0 Å². The van der Waals surface area contributed by atoms with E-state index in [1.54, 1.807) is 0 Å². The zero-order valence-electron chi connectivity index (χ0n) is 16.2. The second-order valence-electron chi connectivity index (χ2n) is 8.10. The van der Waals surface area contributed by atoms with Crippen LogP contribution in [-0.4, -0.2) is 21.5 Å². The molecule has 0 spiro atoms. The van der Waals surface area contributed by atoms with Gasteiger partial charge in [0.15, 0.2) is 8.32 Å². The molecule has 0 N–H and O–H groups in total. The lowest BCUT2D eigenvalue weighted by atomic mass is 10.1. The summed E-state index contributed by atoms with van der Waals surface area (Å²) in [6, 6.07) is 0. The summed E-state index contributed by atoms with van der Waals surface area (Å²) in [6.45, 7) is 13.2. The fourth-order valence-corrected chi connectivity index (χ4v) is 3.38. The Morgan fingerprint density at radius 2 is 1.26 bits per heavy atom. The summed E-state index contributed by atoms with van der Waals surface area (Å²) in [5.74, 6) is 0. The maximum absolute atomic E-state index is 8.17. The van der Waals surface area contributed by atoms with E-state index in [9.17, 15) is 0 Å². The SMILES string of the molecule is CC(C)(C)[Si](C)(C)OCCCCCCCCCCCCN=[N+]=[N-]. The highest BCUT2D eigenvalue weighted by molar-refractivity contribution is 6.74. The van der Waals surface area contributed by atoms with Crippen LogP contribution in [0.3, 0.4) is 0 Å². The van der Waals surface area contributed by atoms with Gasteiger partial charge in [-0.2, -0.15) is 0 Å². The highest BCUT2D eigenvalue weighted by Crippen LogP contribution is 2.36. The fraction of sp³-hybridized carbons (Fsp3) is 1.00. The van der Waals surface area contributed by atoms with Crippen molar-refractivity contribution in [1.82, 2.24) is 0 Å². The van der Waals surface area contributed by atoms with Crippen LogP contribution < -0.4 is 0 Å². The van der Waals surface area contributed by atoms with Crippen LogP contribution in [0.25, 0.3) is 10.4 Å². The normalized spacial score (nSPS) is 12.2. The first-order valence-electron chi connectivity index (χ1n) is 9.46. The first-order valence-corrected chi connectivity index (χ1v) is 12.4. The van der Waals surface area contributed by atoms with Crippen LogP contribution in [0.4, 0.5) is 0 Å². The minimum Gasteiger partial charge on any atom is -0.417 e. The molecule has 0 unspecified atom stereocenters. The van der Waals surface area contributed by atoms with Gasteiger partial charge in [-0.3, -0.25) is 0 Å². The number of hydrogen-bond donors (Lipinski definition) is 0. The van der Waals surface area contributed by atoms with E-state index < -0.39 is 8.32 Å². The number of hydrogen-bond acceptors (Lipinski definition) is 2. The van der Waals surface area contributed by atoms with Gasteiger partial charge in [-0.1, -0.05) is 77.3 Å². The van der Waals surface area contributed by atoms with E-state index in [0.717, 1.165) is 13.0 Å². The third kappa shape index (κ3) is 12.6. The molecular formula is C18H39N3OSi. The van der Waals surface area contributed by atoms with Crippen LogP contribution >= 0.6 is 0 Å². The number of azide groups is 1. The Morgan fingerprint density at radius 3 is 1.70 bits per heavy atom. The third-order valence-corrected chi connectivity index (χ3v) is 9.52. The van der Waals surface area contributed by atoms with Crippen molar-refractivity contribution in [2.45, 2.75) is 103 Å². The molecule has 0 bridgehead atoms. The molecule has 0 aromatic carbocycles. The van der Waals surface area contributed by atoms with E-state index >= 15 is 0 Å². The van der Waals surface area contributed by atoms with Gasteiger partial charge in [0.25, 0.3) is 0 Å². The van der Waals surface area contributed by atoms with Crippen molar-refractivity contribution < 1.29 is 4.43 Å². The van der Waals surface area contributed by atoms with Crippen molar-refractivity contribution in [2.75, 3.05) is 13.2 Å². The predicted molar refractivity (Wildman–Crippen MR) is 103 cm³/mol. The standard InChI is InChI=1S/C18H39N3OSi/c1-18(2,3)23(4,5)22-17-15-13-11-9-7-6-8-10-12-14-16-20-21-19/h6-17H2,1-5H3. The zero-order chi connectivity index (χ0) is 17.6. The number of rotatable bonds is 14. The van der Waals surface area contributed by atoms with Crippen LogP contribution in [0.5, 0.6) is 0 Å². The Hall–Kier alpha value is -0.513. The van der Waals surface area contributed by atoms with Gasteiger partial charge in [0.1, 0.15) is 0 Å². The van der Waals surface area contributed by atoms with Gasteiger partial charge in [-0.25, -0.2) is 0 Å². The van der Waals surface area contributed by atoms with E-state index in [4.69, 9.17) is 9.96 Å². The van der Waals surface area contributed by atoms with Gasteiger partial charge in [-0.05, 0) is 36.5 Å². The molecule has 0 aromatic heterocycles. The molecular weight excluding hydrogens is 302 g/mol. The lowest BCUT2D eigenvalue weighted by molar-refractivity contribution is 0.277. The molecule has 4 nitrogen and oxygen atoms in total. The maximum atomic E-state index is 8.17. The van der Waals surface area contributed by atoms with Crippen LogP contribution in [0.1, 0.15) is 85.0 Å². The lowest BCUT2D eigenvalue weighted by Gasteiger charge is -2.36. The molecule has 0 saturated carbocycles. The molecule has 136 valence electrons. The molecule has 0 saturated heterocycles. The smallest absolute Gasteiger partial charge is 0.191 e. The van der Waals surface area contributed by atoms with Gasteiger partial charge < -0.3 is 4.43 Å². The predicted octanol–water partition coefficient (Wildman–Crippen LogP) is 7.22. The molecule has 0 amide bonds. The van der Waals surface area contributed by atoms with Gasteiger partial charge in [0.2, 0.25) is 0 Å². The average molecular weight is 342 g/mol. The summed E-state index contributed by atoms with van der Waals surface area (Å²) < 4.78 is 6.20. The molecule has 5 heteroatoms. The molecule has 0 heterocycles. The first-order chi connectivity index (χ1) is 10.8. The molecule has 0 aromatic rings. The van der Waals surface area contributed by atoms with E-state index in [1.165, 1.54) is 57.8 Å². The van der Waals surface area contributed by atoms with E-state index in [0.29, 0.717) is 11.6 Å². The van der Waals surface area contributed by atoms with Crippen molar-refractivity contribution in [1.29, 1.82) is 0 Å². The van der Waals surface area contributed by atoms with Crippen molar-refractivity contribution in [2.24, 2.45) is 5.11 Å². The molecule has 23 heavy (non-hydrogen) atoms. The Morgan fingerprint density at radius 1 is 0.826 bits per heavy atom. The molecule has 0 aliphatic rings. The fourth-order valence-electron chi connectivity index (χ4n) is 2.29. The molecule has 0 radical (unpaired) electrons. The molecule has 0 aliphatic carbocycles. The van der Waals surface area contributed by atoms with Crippen molar-refractivity contribution in [3.05, 3.63) is 10.4 Å².